The van der Waals surface area contributed by atoms with Gasteiger partial charge in [-0.2, -0.15) is 0 Å². The SMILES string of the molecule is CCC(C)NCc1cccc2cc[nH]c12. The zero-order valence-electron chi connectivity index (χ0n) is 9.38. The molecular weight excluding hydrogens is 184 g/mol. The number of fused-ring (bicyclic) bond motifs is 1. The Hall–Kier alpha value is -1.28. The van der Waals surface area contributed by atoms with Gasteiger partial charge in [-0.15, -0.1) is 0 Å². The van der Waals surface area contributed by atoms with Crippen molar-refractivity contribution in [2.24, 2.45) is 0 Å². The molecule has 1 heterocycles. The molecule has 2 N–H and O–H groups in total. The summed E-state index contributed by atoms with van der Waals surface area (Å²) in [5.74, 6) is 0. The zero-order chi connectivity index (χ0) is 10.7. The average molecular weight is 202 g/mol. The second-order valence-corrected chi connectivity index (χ2v) is 4.05. The minimum Gasteiger partial charge on any atom is -0.361 e. The first kappa shape index (κ1) is 10.2. The standard InChI is InChI=1S/C13H18N2/c1-3-10(2)15-9-12-6-4-5-11-7-8-14-13(11)12/h4-8,10,14-15H,3,9H2,1-2H3. The van der Waals surface area contributed by atoms with Gasteiger partial charge in [-0.05, 0) is 30.4 Å². The minimum absolute atomic E-state index is 0.579. The van der Waals surface area contributed by atoms with Crippen molar-refractivity contribution in [3.05, 3.63) is 36.0 Å². The molecule has 2 aromatic rings. The van der Waals surface area contributed by atoms with Crippen molar-refractivity contribution >= 4 is 10.9 Å². The predicted molar refractivity (Wildman–Crippen MR) is 64.9 cm³/mol. The number of para-hydroxylation sites is 1. The lowest BCUT2D eigenvalue weighted by atomic mass is 10.1. The summed E-state index contributed by atoms with van der Waals surface area (Å²) in [4.78, 5) is 3.29. The van der Waals surface area contributed by atoms with Crippen LogP contribution in [0, 0.1) is 0 Å². The van der Waals surface area contributed by atoms with Gasteiger partial charge in [0.1, 0.15) is 0 Å². The summed E-state index contributed by atoms with van der Waals surface area (Å²) in [6.07, 6.45) is 3.16. The fourth-order valence-corrected chi connectivity index (χ4v) is 1.73. The lowest BCUT2D eigenvalue weighted by molar-refractivity contribution is 0.535. The fraction of sp³-hybridized carbons (Fsp3) is 0.385. The summed E-state index contributed by atoms with van der Waals surface area (Å²) in [6, 6.07) is 9.12. The Morgan fingerprint density at radius 1 is 1.33 bits per heavy atom. The van der Waals surface area contributed by atoms with Crippen molar-refractivity contribution in [1.82, 2.24) is 10.3 Å². The van der Waals surface area contributed by atoms with E-state index in [-0.39, 0.29) is 0 Å². The van der Waals surface area contributed by atoms with E-state index in [0.29, 0.717) is 6.04 Å². The molecule has 0 bridgehead atoms. The number of hydrogen-bond donors (Lipinski definition) is 2. The smallest absolute Gasteiger partial charge is 0.0499 e. The Balaban J connectivity index is 2.17. The molecular formula is C13H18N2. The fourth-order valence-electron chi connectivity index (χ4n) is 1.73. The number of H-pyrrole nitrogens is 1. The van der Waals surface area contributed by atoms with Gasteiger partial charge in [0.15, 0.2) is 0 Å². The molecule has 0 saturated heterocycles. The molecule has 2 nitrogen and oxygen atoms in total. The largest absolute Gasteiger partial charge is 0.361 e. The van der Waals surface area contributed by atoms with E-state index >= 15 is 0 Å². The van der Waals surface area contributed by atoms with Crippen LogP contribution < -0.4 is 5.32 Å². The summed E-state index contributed by atoms with van der Waals surface area (Å²) < 4.78 is 0. The molecule has 15 heavy (non-hydrogen) atoms. The minimum atomic E-state index is 0.579. The van der Waals surface area contributed by atoms with Crippen LogP contribution in [0.3, 0.4) is 0 Å². The third-order valence-corrected chi connectivity index (χ3v) is 2.93. The molecule has 2 rings (SSSR count). The summed E-state index contributed by atoms with van der Waals surface area (Å²) in [5.41, 5.74) is 2.60. The Morgan fingerprint density at radius 3 is 3.00 bits per heavy atom. The van der Waals surface area contributed by atoms with Crippen molar-refractivity contribution in [3.8, 4) is 0 Å². The normalized spacial score (nSPS) is 13.2. The Morgan fingerprint density at radius 2 is 2.20 bits per heavy atom. The van der Waals surface area contributed by atoms with Crippen LogP contribution in [-0.4, -0.2) is 11.0 Å². The first-order chi connectivity index (χ1) is 7.31. The van der Waals surface area contributed by atoms with Crippen LogP contribution in [0.15, 0.2) is 30.5 Å². The molecule has 0 saturated carbocycles. The molecule has 80 valence electrons. The molecule has 1 aromatic carbocycles. The van der Waals surface area contributed by atoms with Crippen molar-refractivity contribution in [1.29, 1.82) is 0 Å². The number of aromatic nitrogens is 1. The monoisotopic (exact) mass is 202 g/mol. The molecule has 0 amide bonds. The van der Waals surface area contributed by atoms with Gasteiger partial charge in [-0.3, -0.25) is 0 Å². The van der Waals surface area contributed by atoms with E-state index in [9.17, 15) is 0 Å². The van der Waals surface area contributed by atoms with Crippen molar-refractivity contribution < 1.29 is 0 Å². The van der Waals surface area contributed by atoms with E-state index in [1.807, 2.05) is 6.20 Å². The predicted octanol–water partition coefficient (Wildman–Crippen LogP) is 3.06. The lowest BCUT2D eigenvalue weighted by Crippen LogP contribution is -2.24. The van der Waals surface area contributed by atoms with Gasteiger partial charge in [0.2, 0.25) is 0 Å². The van der Waals surface area contributed by atoms with Crippen LogP contribution in [0.2, 0.25) is 0 Å². The maximum atomic E-state index is 3.51. The molecule has 0 radical (unpaired) electrons. The third-order valence-electron chi connectivity index (χ3n) is 2.93. The van der Waals surface area contributed by atoms with E-state index in [2.05, 4.69) is 48.4 Å². The van der Waals surface area contributed by atoms with Crippen LogP contribution in [0.4, 0.5) is 0 Å². The molecule has 1 unspecified atom stereocenters. The average Bonchev–Trinajstić information content (AvgIpc) is 2.74. The lowest BCUT2D eigenvalue weighted by Gasteiger charge is -2.11. The third kappa shape index (κ3) is 2.21. The van der Waals surface area contributed by atoms with Crippen LogP contribution in [0.25, 0.3) is 10.9 Å². The Labute approximate surface area is 90.7 Å². The van der Waals surface area contributed by atoms with Crippen LogP contribution in [0.5, 0.6) is 0 Å². The highest BCUT2D eigenvalue weighted by atomic mass is 14.9. The number of aromatic amines is 1. The maximum absolute atomic E-state index is 3.51. The molecule has 0 aliphatic heterocycles. The van der Waals surface area contributed by atoms with E-state index in [1.54, 1.807) is 0 Å². The number of nitrogens with one attached hydrogen (secondary N) is 2. The molecule has 1 aromatic heterocycles. The summed E-state index contributed by atoms with van der Waals surface area (Å²) in [6.45, 7) is 5.36. The number of rotatable bonds is 4. The first-order valence-corrected chi connectivity index (χ1v) is 5.59. The summed E-state index contributed by atoms with van der Waals surface area (Å²) in [7, 11) is 0. The first-order valence-electron chi connectivity index (χ1n) is 5.59. The van der Waals surface area contributed by atoms with E-state index in [0.717, 1.165) is 6.54 Å². The van der Waals surface area contributed by atoms with Crippen LogP contribution >= 0.6 is 0 Å². The van der Waals surface area contributed by atoms with Gasteiger partial charge in [0, 0.05) is 24.3 Å². The maximum Gasteiger partial charge on any atom is 0.0499 e. The highest BCUT2D eigenvalue weighted by Crippen LogP contribution is 2.16. The molecule has 0 spiro atoms. The van der Waals surface area contributed by atoms with Crippen LogP contribution in [0.1, 0.15) is 25.8 Å². The van der Waals surface area contributed by atoms with E-state index < -0.39 is 0 Å². The highest BCUT2D eigenvalue weighted by molar-refractivity contribution is 5.82. The van der Waals surface area contributed by atoms with E-state index in [4.69, 9.17) is 0 Å². The van der Waals surface area contributed by atoms with Gasteiger partial charge in [-0.25, -0.2) is 0 Å². The van der Waals surface area contributed by atoms with Gasteiger partial charge < -0.3 is 10.3 Å². The van der Waals surface area contributed by atoms with E-state index in [1.165, 1.54) is 22.9 Å². The molecule has 0 fully saturated rings. The van der Waals surface area contributed by atoms with Gasteiger partial charge in [-0.1, -0.05) is 25.1 Å². The summed E-state index contributed by atoms with van der Waals surface area (Å²) in [5, 5.41) is 4.80. The number of hydrogen-bond acceptors (Lipinski definition) is 1. The quantitative estimate of drug-likeness (QED) is 0.783. The molecule has 2 heteroatoms. The molecule has 0 aliphatic carbocycles. The van der Waals surface area contributed by atoms with Gasteiger partial charge in [0.25, 0.3) is 0 Å². The molecule has 0 aliphatic rings. The van der Waals surface area contributed by atoms with Crippen LogP contribution in [-0.2, 0) is 6.54 Å². The van der Waals surface area contributed by atoms with Gasteiger partial charge in [0.05, 0.1) is 0 Å². The second-order valence-electron chi connectivity index (χ2n) is 4.05. The topological polar surface area (TPSA) is 27.8 Å². The second kappa shape index (κ2) is 4.49. The van der Waals surface area contributed by atoms with Crippen molar-refractivity contribution in [2.75, 3.05) is 0 Å². The van der Waals surface area contributed by atoms with Gasteiger partial charge >= 0.3 is 0 Å². The summed E-state index contributed by atoms with van der Waals surface area (Å²) >= 11 is 0. The molecule has 1 atom stereocenters. The van der Waals surface area contributed by atoms with Crippen molar-refractivity contribution in [3.63, 3.8) is 0 Å². The Bertz CT molecular complexity index is 431. The van der Waals surface area contributed by atoms with Crippen molar-refractivity contribution in [2.45, 2.75) is 32.9 Å². The number of benzene rings is 1. The highest BCUT2D eigenvalue weighted by Gasteiger charge is 2.02. The Kier molecular flexibility index (Phi) is 3.07. The zero-order valence-corrected chi connectivity index (χ0v) is 9.38.